The number of hydrogen-bond acceptors (Lipinski definition) is 3. The Morgan fingerprint density at radius 1 is 1.54 bits per heavy atom. The van der Waals surface area contributed by atoms with Crippen molar-refractivity contribution in [2.45, 2.75) is 25.4 Å². The van der Waals surface area contributed by atoms with Crippen molar-refractivity contribution in [1.29, 1.82) is 0 Å². The highest BCUT2D eigenvalue weighted by Gasteiger charge is 2.19. The summed E-state index contributed by atoms with van der Waals surface area (Å²) in [5.41, 5.74) is 0. The van der Waals surface area contributed by atoms with Crippen molar-refractivity contribution in [2.24, 2.45) is 0 Å². The molecule has 76 valence electrons. The van der Waals surface area contributed by atoms with Gasteiger partial charge in [0.25, 0.3) is 0 Å². The molecule has 1 atom stereocenters. The van der Waals surface area contributed by atoms with E-state index in [9.17, 15) is 4.79 Å². The van der Waals surface area contributed by atoms with Gasteiger partial charge >= 0.3 is 0 Å². The molecule has 0 aromatic rings. The Morgan fingerprint density at radius 2 is 2.31 bits per heavy atom. The molecule has 1 fully saturated rings. The lowest BCUT2D eigenvalue weighted by atomic mass is 10.2. The van der Waals surface area contributed by atoms with Crippen LogP contribution in [-0.2, 0) is 9.53 Å². The maximum atomic E-state index is 11.1. The van der Waals surface area contributed by atoms with Crippen LogP contribution in [0.2, 0.25) is 0 Å². The molecule has 1 rings (SSSR count). The lowest BCUT2D eigenvalue weighted by Gasteiger charge is -2.18. The average Bonchev–Trinajstić information content (AvgIpc) is 2.41. The summed E-state index contributed by atoms with van der Waals surface area (Å²) >= 11 is 0. The van der Waals surface area contributed by atoms with Crippen LogP contribution in [0.3, 0.4) is 0 Å². The molecule has 0 aromatic carbocycles. The second-order valence-electron chi connectivity index (χ2n) is 3.33. The minimum Gasteiger partial charge on any atom is -0.387 e. The zero-order valence-electron chi connectivity index (χ0n) is 8.03. The second kappa shape index (κ2) is 5.19. The molecule has 1 heterocycles. The highest BCUT2D eigenvalue weighted by molar-refractivity contribution is 5.77. The summed E-state index contributed by atoms with van der Waals surface area (Å²) in [5.74, 6) is -0.170. The second-order valence-corrected chi connectivity index (χ2v) is 3.33. The molecule has 4 nitrogen and oxygen atoms in total. The average molecular weight is 187 g/mol. The summed E-state index contributed by atoms with van der Waals surface area (Å²) in [5, 5.41) is 8.68. The Kier molecular flexibility index (Phi) is 4.18. The van der Waals surface area contributed by atoms with E-state index in [4.69, 9.17) is 9.84 Å². The first kappa shape index (κ1) is 10.5. The first-order valence-electron chi connectivity index (χ1n) is 4.69. The molecule has 0 aliphatic carbocycles. The molecule has 0 aromatic heterocycles. The van der Waals surface area contributed by atoms with Gasteiger partial charge in [-0.3, -0.25) is 4.79 Å². The first-order chi connectivity index (χ1) is 6.27. The van der Waals surface area contributed by atoms with Crippen LogP contribution in [0, 0.1) is 0 Å². The van der Waals surface area contributed by atoms with Crippen LogP contribution in [0.1, 0.15) is 19.3 Å². The summed E-state index contributed by atoms with van der Waals surface area (Å²) in [4.78, 5) is 12.9. The van der Waals surface area contributed by atoms with Crippen molar-refractivity contribution in [3.05, 3.63) is 0 Å². The molecule has 13 heavy (non-hydrogen) atoms. The van der Waals surface area contributed by atoms with Gasteiger partial charge in [-0.25, -0.2) is 0 Å². The van der Waals surface area contributed by atoms with Crippen molar-refractivity contribution >= 4 is 5.91 Å². The maximum Gasteiger partial charge on any atom is 0.248 e. The van der Waals surface area contributed by atoms with E-state index in [2.05, 4.69) is 0 Å². The van der Waals surface area contributed by atoms with Crippen LogP contribution in [0.25, 0.3) is 0 Å². The van der Waals surface area contributed by atoms with Crippen LogP contribution in [0.5, 0.6) is 0 Å². The fraction of sp³-hybridized carbons (Fsp3) is 0.889. The van der Waals surface area contributed by atoms with Crippen molar-refractivity contribution in [1.82, 2.24) is 4.90 Å². The molecule has 1 N–H and O–H groups in total. The Balaban J connectivity index is 2.40. The quantitative estimate of drug-likeness (QED) is 0.662. The Hall–Kier alpha value is -0.610. The van der Waals surface area contributed by atoms with E-state index in [1.165, 1.54) is 0 Å². The zero-order chi connectivity index (χ0) is 9.68. The van der Waals surface area contributed by atoms with Crippen molar-refractivity contribution in [3.63, 3.8) is 0 Å². The molecule has 1 aliphatic rings. The smallest absolute Gasteiger partial charge is 0.248 e. The number of rotatable bonds is 2. The minimum atomic E-state index is -0.377. The lowest BCUT2D eigenvalue weighted by Crippen LogP contribution is -2.34. The predicted octanol–water partition coefficient (Wildman–Crippen LogP) is 0.00620. The molecule has 1 saturated heterocycles. The number of ether oxygens (including phenoxy) is 1. The largest absolute Gasteiger partial charge is 0.387 e. The van der Waals surface area contributed by atoms with Crippen LogP contribution in [0.15, 0.2) is 0 Å². The van der Waals surface area contributed by atoms with E-state index < -0.39 is 0 Å². The number of aliphatic hydroxyl groups is 1. The highest BCUT2D eigenvalue weighted by atomic mass is 16.5. The number of aliphatic hydroxyl groups excluding tert-OH is 1. The van der Waals surface area contributed by atoms with Crippen molar-refractivity contribution in [3.8, 4) is 0 Å². The van der Waals surface area contributed by atoms with Gasteiger partial charge in [-0.1, -0.05) is 0 Å². The summed E-state index contributed by atoms with van der Waals surface area (Å²) in [6, 6.07) is 0. The third-order valence-corrected chi connectivity index (χ3v) is 2.50. The van der Waals surface area contributed by atoms with Gasteiger partial charge in [-0.15, -0.1) is 0 Å². The molecule has 0 radical (unpaired) electrons. The lowest BCUT2D eigenvalue weighted by molar-refractivity contribution is -0.134. The number of methoxy groups -OCH3 is 1. The van der Waals surface area contributed by atoms with Gasteiger partial charge in [0.15, 0.2) is 0 Å². The number of carbonyl (C=O) groups is 1. The fourth-order valence-corrected chi connectivity index (χ4v) is 1.65. The number of amides is 1. The number of likely N-dealkylation sites (tertiary alicyclic amines) is 1. The van der Waals surface area contributed by atoms with E-state index in [1.807, 2.05) is 0 Å². The van der Waals surface area contributed by atoms with E-state index in [-0.39, 0.29) is 18.6 Å². The van der Waals surface area contributed by atoms with Crippen molar-refractivity contribution < 1.29 is 14.6 Å². The van der Waals surface area contributed by atoms with E-state index in [0.717, 1.165) is 25.8 Å². The molecule has 0 bridgehead atoms. The molecule has 1 amide bonds. The molecular formula is C9H17NO3. The van der Waals surface area contributed by atoms with Gasteiger partial charge in [0.05, 0.1) is 6.10 Å². The Morgan fingerprint density at radius 3 is 2.92 bits per heavy atom. The maximum absolute atomic E-state index is 11.1. The Bertz CT molecular complexity index is 172. The van der Waals surface area contributed by atoms with Crippen LogP contribution < -0.4 is 0 Å². The van der Waals surface area contributed by atoms with Gasteiger partial charge in [0, 0.05) is 20.2 Å². The van der Waals surface area contributed by atoms with E-state index >= 15 is 0 Å². The van der Waals surface area contributed by atoms with Gasteiger partial charge in [-0.2, -0.15) is 0 Å². The predicted molar refractivity (Wildman–Crippen MR) is 48.3 cm³/mol. The Labute approximate surface area is 78.5 Å². The van der Waals surface area contributed by atoms with Gasteiger partial charge in [0.2, 0.25) is 5.91 Å². The minimum absolute atomic E-state index is 0.170. The van der Waals surface area contributed by atoms with Gasteiger partial charge in [0.1, 0.15) is 6.61 Å². The standard InChI is InChI=1S/C9H17NO3/c1-13-8-3-2-5-10(6-4-8)9(12)7-11/h8,11H,2-7H2,1H3. The SMILES string of the molecule is COC1CCCN(C(=O)CO)CC1. The summed E-state index contributed by atoms with van der Waals surface area (Å²) in [6.45, 7) is 1.08. The third-order valence-electron chi connectivity index (χ3n) is 2.50. The molecule has 0 spiro atoms. The number of nitrogens with zero attached hydrogens (tertiary/aromatic N) is 1. The number of hydrogen-bond donors (Lipinski definition) is 1. The van der Waals surface area contributed by atoms with E-state index in [0.29, 0.717) is 6.54 Å². The third kappa shape index (κ3) is 2.97. The monoisotopic (exact) mass is 187 g/mol. The zero-order valence-corrected chi connectivity index (χ0v) is 8.03. The normalized spacial score (nSPS) is 24.2. The summed E-state index contributed by atoms with van der Waals surface area (Å²) in [7, 11) is 1.70. The molecule has 1 unspecified atom stereocenters. The topological polar surface area (TPSA) is 49.8 Å². The summed E-state index contributed by atoms with van der Waals surface area (Å²) in [6.07, 6.45) is 3.12. The summed E-state index contributed by atoms with van der Waals surface area (Å²) < 4.78 is 5.23. The molecule has 1 aliphatic heterocycles. The van der Waals surface area contributed by atoms with Crippen LogP contribution >= 0.6 is 0 Å². The van der Waals surface area contributed by atoms with Gasteiger partial charge < -0.3 is 14.7 Å². The van der Waals surface area contributed by atoms with Crippen molar-refractivity contribution in [2.75, 3.05) is 26.8 Å². The first-order valence-corrected chi connectivity index (χ1v) is 4.69. The number of carbonyl (C=O) groups excluding carboxylic acids is 1. The van der Waals surface area contributed by atoms with Gasteiger partial charge in [-0.05, 0) is 19.3 Å². The molecule has 4 heteroatoms. The van der Waals surface area contributed by atoms with Crippen LogP contribution in [0.4, 0.5) is 0 Å². The molecule has 0 saturated carbocycles. The van der Waals surface area contributed by atoms with Crippen LogP contribution in [-0.4, -0.2) is 48.8 Å². The highest BCUT2D eigenvalue weighted by Crippen LogP contribution is 2.13. The molecular weight excluding hydrogens is 170 g/mol. The fourth-order valence-electron chi connectivity index (χ4n) is 1.65. The van der Waals surface area contributed by atoms with E-state index in [1.54, 1.807) is 12.0 Å².